The second kappa shape index (κ2) is 10.0. The smallest absolute Gasteiger partial charge is 0.481 e. The highest BCUT2D eigenvalue weighted by Crippen LogP contribution is 2.51. The Kier molecular flexibility index (Phi) is 7.19. The van der Waals surface area contributed by atoms with Gasteiger partial charge in [-0.25, -0.2) is 4.57 Å². The predicted molar refractivity (Wildman–Crippen MR) is 108 cm³/mol. The Morgan fingerprint density at radius 3 is 1.76 bits per heavy atom. The minimum absolute atomic E-state index is 0.0218. The molecule has 0 saturated heterocycles. The van der Waals surface area contributed by atoms with Gasteiger partial charge in [-0.2, -0.15) is 0 Å². The van der Waals surface area contributed by atoms with E-state index in [1.807, 2.05) is 60.7 Å². The lowest BCUT2D eigenvalue weighted by Gasteiger charge is -2.20. The Morgan fingerprint density at radius 2 is 1.24 bits per heavy atom. The minimum atomic E-state index is -4.04. The Balaban J connectivity index is 1.80. The molecule has 0 unspecified atom stereocenters. The average molecular weight is 412 g/mol. The first-order chi connectivity index (χ1) is 14.0. The van der Waals surface area contributed by atoms with Gasteiger partial charge in [-0.3, -0.25) is 13.8 Å². The highest BCUT2D eigenvalue weighted by Gasteiger charge is 2.30. The molecule has 0 aromatic heterocycles. The normalized spacial score (nSPS) is 11.2. The molecule has 1 N–H and O–H groups in total. The van der Waals surface area contributed by atoms with Crippen LogP contribution in [0.15, 0.2) is 84.9 Å². The van der Waals surface area contributed by atoms with Crippen molar-refractivity contribution >= 4 is 13.8 Å². The molecular weight excluding hydrogens is 391 g/mol. The molecular formula is C22H21O6P. The summed E-state index contributed by atoms with van der Waals surface area (Å²) in [6.45, 7) is 0.0437. The largest absolute Gasteiger partial charge is 0.530 e. The third kappa shape index (κ3) is 6.57. The number of hydrogen-bond acceptors (Lipinski definition) is 5. The Morgan fingerprint density at radius 1 is 0.759 bits per heavy atom. The number of carbonyl (C=O) groups is 1. The third-order valence-electron chi connectivity index (χ3n) is 3.99. The lowest BCUT2D eigenvalue weighted by Crippen LogP contribution is -2.07. The Bertz CT molecular complexity index is 927. The molecule has 0 aliphatic carbocycles. The first-order valence-corrected chi connectivity index (χ1v) is 10.5. The molecule has 0 radical (unpaired) electrons. The monoisotopic (exact) mass is 412 g/mol. The number of phosphoric ester groups is 1. The van der Waals surface area contributed by atoms with E-state index in [1.165, 1.54) is 0 Å². The number of aliphatic carboxylic acids is 1. The van der Waals surface area contributed by atoms with Gasteiger partial charge in [-0.15, -0.1) is 0 Å². The lowest BCUT2D eigenvalue weighted by molar-refractivity contribution is -0.136. The van der Waals surface area contributed by atoms with Crippen LogP contribution < -0.4 is 4.52 Å². The number of carboxylic acid groups (broad SMARTS) is 1. The molecule has 7 heteroatoms. The zero-order valence-corrected chi connectivity index (χ0v) is 16.5. The van der Waals surface area contributed by atoms with Gasteiger partial charge in [0.25, 0.3) is 0 Å². The van der Waals surface area contributed by atoms with Gasteiger partial charge in [-0.1, -0.05) is 78.9 Å². The molecule has 3 rings (SSSR count). The zero-order valence-electron chi connectivity index (χ0n) is 15.6. The number of para-hydroxylation sites is 1. The van der Waals surface area contributed by atoms with Crippen LogP contribution in [-0.4, -0.2) is 11.1 Å². The van der Waals surface area contributed by atoms with Gasteiger partial charge < -0.3 is 9.63 Å². The topological polar surface area (TPSA) is 82.1 Å². The molecule has 0 bridgehead atoms. The van der Waals surface area contributed by atoms with Gasteiger partial charge in [0.2, 0.25) is 0 Å². The van der Waals surface area contributed by atoms with Crippen molar-refractivity contribution in [3.63, 3.8) is 0 Å². The summed E-state index contributed by atoms with van der Waals surface area (Å²) in [5, 5.41) is 9.11. The van der Waals surface area contributed by atoms with E-state index < -0.39 is 13.8 Å². The summed E-state index contributed by atoms with van der Waals surface area (Å²) in [6, 6.07) is 24.9. The average Bonchev–Trinajstić information content (AvgIpc) is 2.74. The zero-order chi connectivity index (χ0) is 20.5. The summed E-state index contributed by atoms with van der Waals surface area (Å²) >= 11 is 0. The number of hydrogen-bond donors (Lipinski definition) is 1. The number of rotatable bonds is 10. The molecule has 0 atom stereocenters. The molecule has 0 amide bonds. The summed E-state index contributed by atoms with van der Waals surface area (Å²) in [6.07, 6.45) is -0.270. The summed E-state index contributed by atoms with van der Waals surface area (Å²) in [5.41, 5.74) is 1.99. The highest BCUT2D eigenvalue weighted by atomic mass is 31.2. The van der Waals surface area contributed by atoms with E-state index in [0.29, 0.717) is 5.56 Å². The van der Waals surface area contributed by atoms with Crippen LogP contribution in [0, 0.1) is 0 Å². The van der Waals surface area contributed by atoms with Gasteiger partial charge in [0.15, 0.2) is 0 Å². The van der Waals surface area contributed by atoms with Crippen LogP contribution in [0.5, 0.6) is 5.75 Å². The fraction of sp³-hybridized carbons (Fsp3) is 0.136. The Hall–Kier alpha value is -2.92. The van der Waals surface area contributed by atoms with Crippen LogP contribution in [-0.2, 0) is 38.0 Å². The lowest BCUT2D eigenvalue weighted by atomic mass is 10.1. The highest BCUT2D eigenvalue weighted by molar-refractivity contribution is 7.48. The van der Waals surface area contributed by atoms with Crippen molar-refractivity contribution in [2.75, 3.05) is 0 Å². The summed E-state index contributed by atoms with van der Waals surface area (Å²) in [4.78, 5) is 11.1. The molecule has 0 spiro atoms. The van der Waals surface area contributed by atoms with Gasteiger partial charge >= 0.3 is 13.8 Å². The second-order valence-electron chi connectivity index (χ2n) is 6.23. The van der Waals surface area contributed by atoms with Gasteiger partial charge in [-0.05, 0) is 17.2 Å². The molecule has 6 nitrogen and oxygen atoms in total. The van der Waals surface area contributed by atoms with Crippen molar-refractivity contribution in [1.29, 1.82) is 0 Å². The van der Waals surface area contributed by atoms with Crippen LogP contribution in [0.3, 0.4) is 0 Å². The molecule has 0 saturated carbocycles. The third-order valence-corrected chi connectivity index (χ3v) is 5.30. The van der Waals surface area contributed by atoms with Crippen LogP contribution in [0.4, 0.5) is 0 Å². The Labute approximate surface area is 169 Å². The van der Waals surface area contributed by atoms with E-state index >= 15 is 0 Å². The summed E-state index contributed by atoms with van der Waals surface area (Å²) < 4.78 is 30.1. The van der Waals surface area contributed by atoms with E-state index in [1.54, 1.807) is 24.3 Å². The van der Waals surface area contributed by atoms with Crippen LogP contribution in [0.1, 0.15) is 16.7 Å². The maximum absolute atomic E-state index is 13.4. The van der Waals surface area contributed by atoms with E-state index in [4.69, 9.17) is 18.7 Å². The van der Waals surface area contributed by atoms with Crippen molar-refractivity contribution in [2.24, 2.45) is 0 Å². The van der Waals surface area contributed by atoms with E-state index in [2.05, 4.69) is 0 Å². The second-order valence-corrected chi connectivity index (χ2v) is 7.83. The molecule has 0 heterocycles. The summed E-state index contributed by atoms with van der Waals surface area (Å²) in [7, 11) is -4.04. The van der Waals surface area contributed by atoms with Crippen molar-refractivity contribution in [3.05, 3.63) is 102 Å². The van der Waals surface area contributed by atoms with Crippen LogP contribution >= 0.6 is 7.82 Å². The molecule has 29 heavy (non-hydrogen) atoms. The number of benzene rings is 3. The quantitative estimate of drug-likeness (QED) is 0.459. The van der Waals surface area contributed by atoms with Crippen molar-refractivity contribution in [1.82, 2.24) is 0 Å². The SMILES string of the molecule is O=C(O)Cc1ccccc1OP(=O)(OCc1ccccc1)OCc1ccccc1. The van der Waals surface area contributed by atoms with Crippen molar-refractivity contribution < 1.29 is 28.0 Å². The van der Waals surface area contributed by atoms with Crippen LogP contribution in [0.25, 0.3) is 0 Å². The maximum Gasteiger partial charge on any atom is 0.530 e. The molecule has 3 aromatic carbocycles. The van der Waals surface area contributed by atoms with Gasteiger partial charge in [0.1, 0.15) is 5.75 Å². The van der Waals surface area contributed by atoms with E-state index in [9.17, 15) is 9.36 Å². The molecule has 0 aliphatic rings. The minimum Gasteiger partial charge on any atom is -0.481 e. The first-order valence-electron chi connectivity index (χ1n) is 9.00. The van der Waals surface area contributed by atoms with E-state index in [-0.39, 0.29) is 25.4 Å². The fourth-order valence-corrected chi connectivity index (χ4v) is 3.78. The molecule has 150 valence electrons. The molecule has 0 fully saturated rings. The predicted octanol–water partition coefficient (Wildman–Crippen LogP) is 5.23. The number of phosphoric acid groups is 1. The molecule has 3 aromatic rings. The maximum atomic E-state index is 13.4. The number of carboxylic acids is 1. The standard InChI is InChI=1S/C22H21O6P/c23-22(24)15-20-13-7-8-14-21(20)28-29(25,26-16-18-9-3-1-4-10-18)27-17-19-11-5-2-6-12-19/h1-14H,15-17H2,(H,23,24). The summed E-state index contributed by atoms with van der Waals surface area (Å²) in [5.74, 6) is -0.870. The van der Waals surface area contributed by atoms with Gasteiger partial charge in [0, 0.05) is 5.56 Å². The first kappa shape index (κ1) is 20.8. The van der Waals surface area contributed by atoms with E-state index in [0.717, 1.165) is 11.1 Å². The molecule has 0 aliphatic heterocycles. The van der Waals surface area contributed by atoms with Gasteiger partial charge in [0.05, 0.1) is 19.6 Å². The fourth-order valence-electron chi connectivity index (χ4n) is 2.57. The van der Waals surface area contributed by atoms with Crippen molar-refractivity contribution in [3.8, 4) is 5.75 Å². The van der Waals surface area contributed by atoms with Crippen LogP contribution in [0.2, 0.25) is 0 Å². The van der Waals surface area contributed by atoms with Crippen molar-refractivity contribution in [2.45, 2.75) is 19.6 Å².